The molecule has 0 aliphatic rings. The third-order valence-electron chi connectivity index (χ3n) is 4.06. The number of nitrogens with zero attached hydrogens (tertiary/aromatic N) is 3. The summed E-state index contributed by atoms with van der Waals surface area (Å²) in [7, 11) is 0. The minimum Gasteiger partial charge on any atom is -0.486 e. The predicted octanol–water partition coefficient (Wildman–Crippen LogP) is 4.03. The lowest BCUT2D eigenvalue weighted by Crippen LogP contribution is -2.08. The van der Waals surface area contributed by atoms with Gasteiger partial charge in [-0.1, -0.05) is 11.6 Å². The summed E-state index contributed by atoms with van der Waals surface area (Å²) < 4.78 is 22.2. The van der Waals surface area contributed by atoms with Gasteiger partial charge < -0.3 is 10.1 Å². The highest BCUT2D eigenvalue weighted by atomic mass is 35.5. The Bertz CT molecular complexity index is 1170. The van der Waals surface area contributed by atoms with Gasteiger partial charge in [0.2, 0.25) is 6.41 Å². The first-order valence-electron chi connectivity index (χ1n) is 8.20. The molecule has 0 aliphatic heterocycles. The molecular formula is C18H15ClFN5O2. The Morgan fingerprint density at radius 2 is 2.22 bits per heavy atom. The van der Waals surface area contributed by atoms with E-state index >= 15 is 0 Å². The molecule has 7 nitrogen and oxygen atoms in total. The van der Waals surface area contributed by atoms with Crippen LogP contribution in [0.5, 0.6) is 5.75 Å². The van der Waals surface area contributed by atoms with Crippen molar-refractivity contribution in [3.63, 3.8) is 0 Å². The van der Waals surface area contributed by atoms with Crippen molar-refractivity contribution in [3.8, 4) is 16.9 Å². The Hall–Kier alpha value is -3.13. The van der Waals surface area contributed by atoms with Crippen molar-refractivity contribution in [3.05, 3.63) is 41.4 Å². The fraction of sp³-hybridized carbons (Fsp3) is 0.167. The number of H-pyrrole nitrogens is 1. The van der Waals surface area contributed by atoms with Crippen molar-refractivity contribution in [2.24, 2.45) is 0 Å². The number of pyridine rings is 1. The summed E-state index contributed by atoms with van der Waals surface area (Å²) in [6, 6.07) is 5.27. The number of hydrogen-bond donors (Lipinski definition) is 2. The molecule has 0 saturated heterocycles. The van der Waals surface area contributed by atoms with Crippen LogP contribution in [0.4, 0.5) is 10.2 Å². The van der Waals surface area contributed by atoms with Crippen molar-refractivity contribution >= 4 is 40.2 Å². The van der Waals surface area contributed by atoms with Crippen LogP contribution < -0.4 is 10.1 Å². The van der Waals surface area contributed by atoms with Crippen molar-refractivity contribution in [2.75, 3.05) is 5.32 Å². The van der Waals surface area contributed by atoms with Gasteiger partial charge in [0.15, 0.2) is 17.4 Å². The van der Waals surface area contributed by atoms with Gasteiger partial charge >= 0.3 is 0 Å². The molecule has 0 unspecified atom stereocenters. The second kappa shape index (κ2) is 6.55. The zero-order valence-electron chi connectivity index (χ0n) is 14.5. The Morgan fingerprint density at radius 3 is 2.96 bits per heavy atom. The molecule has 3 heterocycles. The van der Waals surface area contributed by atoms with Crippen LogP contribution in [0.2, 0.25) is 5.02 Å². The van der Waals surface area contributed by atoms with Gasteiger partial charge in [0.1, 0.15) is 5.52 Å². The maximum atomic E-state index is 15.0. The lowest BCUT2D eigenvalue weighted by molar-refractivity contribution is -0.105. The van der Waals surface area contributed by atoms with E-state index in [-0.39, 0.29) is 16.9 Å². The number of anilines is 1. The van der Waals surface area contributed by atoms with Gasteiger partial charge in [-0.15, -0.1) is 0 Å². The van der Waals surface area contributed by atoms with E-state index in [0.29, 0.717) is 39.8 Å². The molecule has 0 radical (unpaired) electrons. The average molecular weight is 388 g/mol. The van der Waals surface area contributed by atoms with E-state index < -0.39 is 5.82 Å². The zero-order valence-corrected chi connectivity index (χ0v) is 15.2. The van der Waals surface area contributed by atoms with Gasteiger partial charge in [0.05, 0.1) is 22.8 Å². The lowest BCUT2D eigenvalue weighted by atomic mass is 10.0. The molecule has 0 aliphatic carbocycles. The topological polar surface area (TPSA) is 84.3 Å². The number of carbonyl (C=O) groups excluding carboxylic acids is 1. The number of amides is 1. The van der Waals surface area contributed by atoms with Crippen LogP contribution >= 0.6 is 11.6 Å². The average Bonchev–Trinajstić information content (AvgIpc) is 3.25. The fourth-order valence-electron chi connectivity index (χ4n) is 3.00. The zero-order chi connectivity index (χ0) is 19.1. The second-order valence-electron chi connectivity index (χ2n) is 6.23. The van der Waals surface area contributed by atoms with Crippen molar-refractivity contribution in [1.29, 1.82) is 0 Å². The molecule has 2 N–H and O–H groups in total. The lowest BCUT2D eigenvalue weighted by Gasteiger charge is -2.15. The highest BCUT2D eigenvalue weighted by molar-refractivity contribution is 6.35. The molecular weight excluding hydrogens is 373 g/mol. The summed E-state index contributed by atoms with van der Waals surface area (Å²) in [5.74, 6) is -0.184. The molecule has 4 aromatic rings. The summed E-state index contributed by atoms with van der Waals surface area (Å²) in [5, 5.41) is 14.1. The van der Waals surface area contributed by atoms with Crippen molar-refractivity contribution < 1.29 is 13.9 Å². The maximum absolute atomic E-state index is 15.0. The molecule has 0 bridgehead atoms. The largest absolute Gasteiger partial charge is 0.486 e. The number of ether oxygens (including phenoxy) is 1. The van der Waals surface area contributed by atoms with E-state index in [1.807, 2.05) is 13.8 Å². The molecule has 0 spiro atoms. The third kappa shape index (κ3) is 2.87. The summed E-state index contributed by atoms with van der Waals surface area (Å²) in [6.07, 6.45) is 3.62. The third-order valence-corrected chi connectivity index (χ3v) is 4.41. The fourth-order valence-corrected chi connectivity index (χ4v) is 3.29. The molecule has 138 valence electrons. The highest BCUT2D eigenvalue weighted by Gasteiger charge is 2.23. The number of aromatic nitrogens is 4. The smallest absolute Gasteiger partial charge is 0.212 e. The van der Waals surface area contributed by atoms with E-state index in [2.05, 4.69) is 20.6 Å². The van der Waals surface area contributed by atoms with Gasteiger partial charge in [0, 0.05) is 23.2 Å². The Kier molecular flexibility index (Phi) is 4.19. The van der Waals surface area contributed by atoms with E-state index in [9.17, 15) is 9.18 Å². The summed E-state index contributed by atoms with van der Waals surface area (Å²) >= 11 is 6.38. The van der Waals surface area contributed by atoms with Crippen LogP contribution in [0.1, 0.15) is 13.8 Å². The molecule has 1 amide bonds. The Morgan fingerprint density at radius 1 is 1.41 bits per heavy atom. The quantitative estimate of drug-likeness (QED) is 0.506. The first-order valence-corrected chi connectivity index (χ1v) is 8.58. The molecule has 27 heavy (non-hydrogen) atoms. The number of nitrogens with one attached hydrogen (secondary N) is 2. The van der Waals surface area contributed by atoms with Crippen LogP contribution in [0.25, 0.3) is 27.5 Å². The van der Waals surface area contributed by atoms with Gasteiger partial charge in [-0.25, -0.2) is 8.91 Å². The van der Waals surface area contributed by atoms with Crippen LogP contribution in [0, 0.1) is 5.82 Å². The number of halogens is 2. The monoisotopic (exact) mass is 387 g/mol. The molecule has 3 aromatic heterocycles. The molecule has 0 saturated carbocycles. The van der Waals surface area contributed by atoms with Gasteiger partial charge in [-0.3, -0.25) is 9.89 Å². The Balaban J connectivity index is 1.93. The van der Waals surface area contributed by atoms with Crippen molar-refractivity contribution in [2.45, 2.75) is 20.0 Å². The molecule has 4 rings (SSSR count). The van der Waals surface area contributed by atoms with Crippen LogP contribution in [-0.2, 0) is 4.79 Å². The van der Waals surface area contributed by atoms with Crippen LogP contribution in [0.15, 0.2) is 30.6 Å². The maximum Gasteiger partial charge on any atom is 0.212 e. The SMILES string of the molecule is CC(C)Oc1c(F)c(Cl)c(-c2ccn3nc(NC=O)cc3c2)c2cn[nH]c12. The number of carbonyl (C=O) groups is 1. The van der Waals surface area contributed by atoms with Gasteiger partial charge in [0.25, 0.3) is 0 Å². The standard InChI is InChI=1S/C18H15ClFN5O2/c1-9(2)27-18-16(20)15(19)14(12-7-22-23-17(12)18)10-3-4-25-11(5-10)6-13(24-25)21-8-26/h3-9H,1-2H3,(H,22,23)(H,21,24,26). The van der Waals surface area contributed by atoms with Gasteiger partial charge in [-0.2, -0.15) is 10.2 Å². The number of hydrogen-bond acceptors (Lipinski definition) is 4. The minimum atomic E-state index is -0.645. The molecule has 1 aromatic carbocycles. The normalized spacial score (nSPS) is 11.4. The summed E-state index contributed by atoms with van der Waals surface area (Å²) in [6.45, 7) is 3.62. The predicted molar refractivity (Wildman–Crippen MR) is 101 cm³/mol. The van der Waals surface area contributed by atoms with E-state index in [0.717, 1.165) is 0 Å². The summed E-state index contributed by atoms with van der Waals surface area (Å²) in [4.78, 5) is 10.6. The minimum absolute atomic E-state index is 0.0466. The van der Waals surface area contributed by atoms with Gasteiger partial charge in [-0.05, 0) is 31.5 Å². The van der Waals surface area contributed by atoms with E-state index in [1.54, 1.807) is 35.1 Å². The Labute approximate surface area is 158 Å². The number of fused-ring (bicyclic) bond motifs is 2. The number of benzene rings is 1. The van der Waals surface area contributed by atoms with Crippen molar-refractivity contribution in [1.82, 2.24) is 19.8 Å². The first kappa shape index (κ1) is 17.3. The molecule has 0 fully saturated rings. The highest BCUT2D eigenvalue weighted by Crippen LogP contribution is 2.42. The van der Waals surface area contributed by atoms with E-state index in [1.165, 1.54) is 0 Å². The molecule has 9 heteroatoms. The van der Waals surface area contributed by atoms with Crippen LogP contribution in [0.3, 0.4) is 0 Å². The van der Waals surface area contributed by atoms with Crippen LogP contribution in [-0.4, -0.2) is 32.3 Å². The van der Waals surface area contributed by atoms with E-state index in [4.69, 9.17) is 16.3 Å². The number of rotatable bonds is 5. The number of aromatic amines is 1. The summed E-state index contributed by atoms with van der Waals surface area (Å²) in [5.41, 5.74) is 2.35. The second-order valence-corrected chi connectivity index (χ2v) is 6.61. The first-order chi connectivity index (χ1) is 13.0. The molecule has 0 atom stereocenters.